The first-order valence-electron chi connectivity index (χ1n) is 12.1. The van der Waals surface area contributed by atoms with Crippen LogP contribution < -0.4 is 5.32 Å². The van der Waals surface area contributed by atoms with Gasteiger partial charge in [0.15, 0.2) is 0 Å². The number of amides is 1. The van der Waals surface area contributed by atoms with Crippen molar-refractivity contribution in [1.82, 2.24) is 5.32 Å². The maximum Gasteiger partial charge on any atom is 0.250 e. The standard InChI is InChI=1S/C29H32N2O4/c1-2-34-28(29(33)30-27(20-32)23-13-7-4-8-14-23)18-22-12-9-15-24(16-22)26-19-25(35-31-26)17-21-10-5-3-6-11-21/h3-16,25,27-28,32H,2,17-20H2,1H3,(H,30,33)/t25?,27-,28+/m0/s1. The van der Waals surface area contributed by atoms with Crippen LogP contribution >= 0.6 is 0 Å². The number of carbonyl (C=O) groups is 1. The molecule has 0 saturated carbocycles. The number of benzene rings is 3. The lowest BCUT2D eigenvalue weighted by atomic mass is 9.97. The Morgan fingerprint density at radius 1 is 1.06 bits per heavy atom. The summed E-state index contributed by atoms with van der Waals surface area (Å²) >= 11 is 0. The molecule has 1 unspecified atom stereocenters. The number of rotatable bonds is 11. The molecule has 0 bridgehead atoms. The molecule has 1 heterocycles. The van der Waals surface area contributed by atoms with E-state index >= 15 is 0 Å². The second kappa shape index (κ2) is 12.3. The fourth-order valence-electron chi connectivity index (χ4n) is 4.29. The molecule has 35 heavy (non-hydrogen) atoms. The van der Waals surface area contributed by atoms with E-state index in [0.717, 1.165) is 35.2 Å². The predicted octanol–water partition coefficient (Wildman–Crippen LogP) is 4.22. The van der Waals surface area contributed by atoms with E-state index < -0.39 is 12.1 Å². The van der Waals surface area contributed by atoms with Crippen molar-refractivity contribution in [1.29, 1.82) is 0 Å². The minimum absolute atomic E-state index is 0.0198. The molecular weight excluding hydrogens is 440 g/mol. The molecule has 0 radical (unpaired) electrons. The second-order valence-electron chi connectivity index (χ2n) is 8.66. The number of oxime groups is 1. The molecule has 1 aliphatic heterocycles. The van der Waals surface area contributed by atoms with E-state index in [1.165, 1.54) is 5.56 Å². The Balaban J connectivity index is 1.40. The highest BCUT2D eigenvalue weighted by molar-refractivity contribution is 6.01. The number of ether oxygens (including phenoxy) is 1. The Bertz CT molecular complexity index is 1120. The number of hydrogen-bond acceptors (Lipinski definition) is 5. The van der Waals surface area contributed by atoms with E-state index in [2.05, 4.69) is 22.6 Å². The van der Waals surface area contributed by atoms with Gasteiger partial charge in [-0.3, -0.25) is 4.79 Å². The number of aliphatic hydroxyl groups is 1. The van der Waals surface area contributed by atoms with Gasteiger partial charge < -0.3 is 20.0 Å². The van der Waals surface area contributed by atoms with Gasteiger partial charge in [0, 0.05) is 25.9 Å². The van der Waals surface area contributed by atoms with Crippen molar-refractivity contribution in [2.24, 2.45) is 5.16 Å². The zero-order chi connectivity index (χ0) is 24.5. The molecule has 6 heteroatoms. The largest absolute Gasteiger partial charge is 0.394 e. The molecule has 0 aliphatic carbocycles. The molecule has 3 aromatic rings. The minimum Gasteiger partial charge on any atom is -0.394 e. The molecule has 0 spiro atoms. The molecule has 0 fully saturated rings. The molecule has 0 saturated heterocycles. The van der Waals surface area contributed by atoms with Crippen LogP contribution in [0.1, 0.15) is 41.6 Å². The van der Waals surface area contributed by atoms with Gasteiger partial charge in [0.2, 0.25) is 5.91 Å². The van der Waals surface area contributed by atoms with Crippen molar-refractivity contribution in [3.8, 4) is 0 Å². The van der Waals surface area contributed by atoms with Crippen molar-refractivity contribution in [2.45, 2.75) is 44.4 Å². The van der Waals surface area contributed by atoms with Crippen molar-refractivity contribution in [3.05, 3.63) is 107 Å². The van der Waals surface area contributed by atoms with Gasteiger partial charge in [0.25, 0.3) is 0 Å². The lowest BCUT2D eigenvalue weighted by molar-refractivity contribution is -0.133. The minimum atomic E-state index is -0.666. The lowest BCUT2D eigenvalue weighted by Crippen LogP contribution is -2.41. The third-order valence-corrected chi connectivity index (χ3v) is 6.08. The summed E-state index contributed by atoms with van der Waals surface area (Å²) in [6.07, 6.45) is 1.32. The molecule has 1 aliphatic rings. The van der Waals surface area contributed by atoms with E-state index in [4.69, 9.17) is 9.57 Å². The SMILES string of the molecule is CCO[C@H](Cc1cccc(C2=NOC(Cc3ccccc3)C2)c1)C(=O)N[C@@H](CO)c1ccccc1. The maximum absolute atomic E-state index is 13.0. The quantitative estimate of drug-likeness (QED) is 0.438. The van der Waals surface area contributed by atoms with Gasteiger partial charge >= 0.3 is 0 Å². The zero-order valence-corrected chi connectivity index (χ0v) is 20.0. The van der Waals surface area contributed by atoms with Crippen molar-refractivity contribution < 1.29 is 19.5 Å². The van der Waals surface area contributed by atoms with Gasteiger partial charge in [-0.2, -0.15) is 0 Å². The lowest BCUT2D eigenvalue weighted by Gasteiger charge is -2.22. The van der Waals surface area contributed by atoms with Gasteiger partial charge in [-0.05, 0) is 35.2 Å². The van der Waals surface area contributed by atoms with Gasteiger partial charge in [-0.1, -0.05) is 84.0 Å². The van der Waals surface area contributed by atoms with E-state index in [1.807, 2.05) is 79.7 Å². The van der Waals surface area contributed by atoms with Crippen LogP contribution in [0.3, 0.4) is 0 Å². The van der Waals surface area contributed by atoms with Crippen molar-refractivity contribution in [3.63, 3.8) is 0 Å². The van der Waals surface area contributed by atoms with E-state index in [1.54, 1.807) is 0 Å². The van der Waals surface area contributed by atoms with Crippen LogP contribution in [0.4, 0.5) is 0 Å². The smallest absolute Gasteiger partial charge is 0.250 e. The van der Waals surface area contributed by atoms with Crippen molar-refractivity contribution in [2.75, 3.05) is 13.2 Å². The molecule has 3 atom stereocenters. The number of hydrogen-bond donors (Lipinski definition) is 2. The molecular formula is C29H32N2O4. The monoisotopic (exact) mass is 472 g/mol. The summed E-state index contributed by atoms with van der Waals surface area (Å²) in [5, 5.41) is 17.1. The van der Waals surface area contributed by atoms with Crippen molar-refractivity contribution >= 4 is 11.6 Å². The third-order valence-electron chi connectivity index (χ3n) is 6.08. The van der Waals surface area contributed by atoms with Crippen LogP contribution in [0, 0.1) is 0 Å². The summed E-state index contributed by atoms with van der Waals surface area (Å²) in [6, 6.07) is 27.2. The first-order valence-corrected chi connectivity index (χ1v) is 12.1. The summed E-state index contributed by atoms with van der Waals surface area (Å²) in [7, 11) is 0. The maximum atomic E-state index is 13.0. The molecule has 4 rings (SSSR count). The highest BCUT2D eigenvalue weighted by Crippen LogP contribution is 2.21. The van der Waals surface area contributed by atoms with Crippen LogP contribution in [0.25, 0.3) is 0 Å². The molecule has 1 amide bonds. The molecule has 182 valence electrons. The normalized spacial score (nSPS) is 16.7. The third kappa shape index (κ3) is 6.78. The van der Waals surface area contributed by atoms with Crippen LogP contribution in [0.2, 0.25) is 0 Å². The summed E-state index contributed by atoms with van der Waals surface area (Å²) in [6.45, 7) is 2.09. The number of nitrogens with one attached hydrogen (secondary N) is 1. The predicted molar refractivity (Wildman–Crippen MR) is 136 cm³/mol. The summed E-state index contributed by atoms with van der Waals surface area (Å²) in [5.74, 6) is -0.246. The van der Waals surface area contributed by atoms with E-state index in [-0.39, 0.29) is 18.6 Å². The average Bonchev–Trinajstić information content (AvgIpc) is 3.36. The summed E-state index contributed by atoms with van der Waals surface area (Å²) < 4.78 is 5.79. The molecule has 6 nitrogen and oxygen atoms in total. The highest BCUT2D eigenvalue weighted by atomic mass is 16.6. The topological polar surface area (TPSA) is 80.2 Å². The summed E-state index contributed by atoms with van der Waals surface area (Å²) in [5.41, 5.74) is 4.96. The molecule has 3 aromatic carbocycles. The van der Waals surface area contributed by atoms with Gasteiger partial charge in [0.05, 0.1) is 18.4 Å². The Morgan fingerprint density at radius 3 is 2.49 bits per heavy atom. The van der Waals surface area contributed by atoms with Crippen LogP contribution in [-0.4, -0.2) is 42.1 Å². The van der Waals surface area contributed by atoms with Crippen LogP contribution in [0.15, 0.2) is 90.1 Å². The number of aliphatic hydroxyl groups excluding tert-OH is 1. The fourth-order valence-corrected chi connectivity index (χ4v) is 4.29. The molecule has 2 N–H and O–H groups in total. The second-order valence-corrected chi connectivity index (χ2v) is 8.66. The average molecular weight is 473 g/mol. The Hall–Kier alpha value is -3.48. The number of nitrogens with zero attached hydrogens (tertiary/aromatic N) is 1. The number of carbonyl (C=O) groups excluding carboxylic acids is 1. The Labute approximate surface area is 206 Å². The van der Waals surface area contributed by atoms with E-state index in [9.17, 15) is 9.90 Å². The van der Waals surface area contributed by atoms with Gasteiger partial charge in [-0.25, -0.2) is 0 Å². The summed E-state index contributed by atoms with van der Waals surface area (Å²) in [4.78, 5) is 18.7. The fraction of sp³-hybridized carbons (Fsp3) is 0.310. The Morgan fingerprint density at radius 2 is 1.77 bits per heavy atom. The Kier molecular flexibility index (Phi) is 8.65. The highest BCUT2D eigenvalue weighted by Gasteiger charge is 2.25. The van der Waals surface area contributed by atoms with Gasteiger partial charge in [-0.15, -0.1) is 0 Å². The zero-order valence-electron chi connectivity index (χ0n) is 20.0. The first-order chi connectivity index (χ1) is 17.2. The van der Waals surface area contributed by atoms with Gasteiger partial charge in [0.1, 0.15) is 12.2 Å². The van der Waals surface area contributed by atoms with Crippen LogP contribution in [0.5, 0.6) is 0 Å². The first kappa shape index (κ1) is 24.6. The molecule has 0 aromatic heterocycles. The van der Waals surface area contributed by atoms with Crippen LogP contribution in [-0.2, 0) is 27.2 Å². The van der Waals surface area contributed by atoms with E-state index in [0.29, 0.717) is 13.0 Å².